The molecular formula is C23H31N5O5. The molecule has 0 radical (unpaired) electrons. The molecule has 2 fully saturated rings. The largest absolute Gasteiger partial charge is 0.444 e. The second kappa shape index (κ2) is 10.1. The number of carbonyl (C=O) groups excluding carboxylic acids is 3. The third-order valence-corrected chi connectivity index (χ3v) is 5.66. The zero-order valence-corrected chi connectivity index (χ0v) is 19.2. The molecule has 0 aromatic carbocycles. The summed E-state index contributed by atoms with van der Waals surface area (Å²) < 4.78 is 6.50. The molecular weight excluding hydrogens is 426 g/mol. The first-order valence-electron chi connectivity index (χ1n) is 11.3. The van der Waals surface area contributed by atoms with E-state index in [0.29, 0.717) is 25.3 Å². The van der Waals surface area contributed by atoms with Crippen LogP contribution in [0, 0.1) is 23.2 Å². The zero-order valence-electron chi connectivity index (χ0n) is 19.2. The van der Waals surface area contributed by atoms with E-state index in [1.165, 1.54) is 16.8 Å². The van der Waals surface area contributed by atoms with Gasteiger partial charge in [-0.3, -0.25) is 19.7 Å². The molecule has 1 aliphatic heterocycles. The predicted molar refractivity (Wildman–Crippen MR) is 120 cm³/mol. The van der Waals surface area contributed by atoms with Crippen molar-refractivity contribution in [1.29, 1.82) is 5.26 Å². The van der Waals surface area contributed by atoms with Gasteiger partial charge in [-0.15, -0.1) is 0 Å². The number of amides is 3. The standard InChI is InChI=1S/C23H31N5O5/c1-23(2,3)33-22(32)27-17-5-4-10-28(21(17)31)18(11-14-6-7-14)20(30)26-16(13-24)12-15-8-9-25-19(15)29/h4-5,10,14-16,18H,6-9,11-12H2,1-3H3,(H,25,29)(H,26,30)(H,27,32)/t15-,16-,18?/m0/s1. The Morgan fingerprint density at radius 2 is 2.00 bits per heavy atom. The number of nitriles is 1. The van der Waals surface area contributed by atoms with Crippen molar-refractivity contribution in [3.8, 4) is 6.07 Å². The quantitative estimate of drug-likeness (QED) is 0.545. The summed E-state index contributed by atoms with van der Waals surface area (Å²) in [6.45, 7) is 5.71. The summed E-state index contributed by atoms with van der Waals surface area (Å²) in [6, 6.07) is 3.41. The second-order valence-corrected chi connectivity index (χ2v) is 9.66. The predicted octanol–water partition coefficient (Wildman–Crippen LogP) is 2.07. The van der Waals surface area contributed by atoms with Crippen LogP contribution in [0.25, 0.3) is 0 Å². The number of hydrogen-bond donors (Lipinski definition) is 3. The average Bonchev–Trinajstić information content (AvgIpc) is 3.46. The Kier molecular flexibility index (Phi) is 7.41. The SMILES string of the molecule is CC(C)(C)OC(=O)Nc1cccn(C(CC2CC2)C(=O)N[C@H](C#N)C[C@@H]2CCNC2=O)c1=O. The molecule has 178 valence electrons. The van der Waals surface area contributed by atoms with Gasteiger partial charge in [0.05, 0.1) is 6.07 Å². The average molecular weight is 458 g/mol. The van der Waals surface area contributed by atoms with Gasteiger partial charge in [0.15, 0.2) is 0 Å². The number of ether oxygens (including phenoxy) is 1. The van der Waals surface area contributed by atoms with E-state index in [1.54, 1.807) is 26.8 Å². The molecule has 1 aromatic rings. The van der Waals surface area contributed by atoms with Crippen LogP contribution in [-0.2, 0) is 14.3 Å². The lowest BCUT2D eigenvalue weighted by Crippen LogP contribution is -2.43. The maximum Gasteiger partial charge on any atom is 0.412 e. The molecule has 0 bridgehead atoms. The molecule has 0 spiro atoms. The molecule has 2 aliphatic rings. The van der Waals surface area contributed by atoms with Gasteiger partial charge in [-0.2, -0.15) is 5.26 Å². The molecule has 1 unspecified atom stereocenters. The van der Waals surface area contributed by atoms with E-state index in [2.05, 4.69) is 22.0 Å². The number of rotatable bonds is 8. The summed E-state index contributed by atoms with van der Waals surface area (Å²) in [7, 11) is 0. The maximum absolute atomic E-state index is 13.2. The smallest absolute Gasteiger partial charge is 0.412 e. The highest BCUT2D eigenvalue weighted by atomic mass is 16.6. The molecule has 1 aromatic heterocycles. The van der Waals surface area contributed by atoms with Crippen molar-refractivity contribution in [3.05, 3.63) is 28.7 Å². The molecule has 33 heavy (non-hydrogen) atoms. The van der Waals surface area contributed by atoms with Crippen molar-refractivity contribution < 1.29 is 19.1 Å². The van der Waals surface area contributed by atoms with Gasteiger partial charge in [0.1, 0.15) is 23.4 Å². The van der Waals surface area contributed by atoms with Crippen molar-refractivity contribution >= 4 is 23.6 Å². The van der Waals surface area contributed by atoms with E-state index in [9.17, 15) is 24.4 Å². The van der Waals surface area contributed by atoms with E-state index in [0.717, 1.165) is 12.8 Å². The van der Waals surface area contributed by atoms with E-state index in [4.69, 9.17) is 4.74 Å². The summed E-state index contributed by atoms with van der Waals surface area (Å²) in [5, 5.41) is 17.4. The fraction of sp³-hybridized carbons (Fsp3) is 0.609. The van der Waals surface area contributed by atoms with Crippen LogP contribution >= 0.6 is 0 Å². The van der Waals surface area contributed by atoms with Crippen molar-refractivity contribution in [1.82, 2.24) is 15.2 Å². The fourth-order valence-electron chi connectivity index (χ4n) is 3.85. The van der Waals surface area contributed by atoms with Crippen LogP contribution in [0.15, 0.2) is 23.1 Å². The highest BCUT2D eigenvalue weighted by Gasteiger charge is 2.34. The Hall–Kier alpha value is -3.35. The minimum atomic E-state index is -0.841. The lowest BCUT2D eigenvalue weighted by Gasteiger charge is -2.23. The summed E-state index contributed by atoms with van der Waals surface area (Å²) in [5.41, 5.74) is -1.26. The minimum absolute atomic E-state index is 0.000179. The molecule has 3 atom stereocenters. The third-order valence-electron chi connectivity index (χ3n) is 5.66. The summed E-state index contributed by atoms with van der Waals surface area (Å²) in [4.78, 5) is 50.2. The van der Waals surface area contributed by atoms with Crippen molar-refractivity contribution in [2.24, 2.45) is 11.8 Å². The van der Waals surface area contributed by atoms with Crippen LogP contribution in [0.5, 0.6) is 0 Å². The van der Waals surface area contributed by atoms with Crippen LogP contribution in [-0.4, -0.2) is 40.7 Å². The number of nitrogens with zero attached hydrogens (tertiary/aromatic N) is 2. The van der Waals surface area contributed by atoms with Gasteiger partial charge in [-0.1, -0.05) is 12.8 Å². The zero-order chi connectivity index (χ0) is 24.2. The Labute approximate surface area is 192 Å². The Balaban J connectivity index is 1.77. The Morgan fingerprint density at radius 3 is 2.58 bits per heavy atom. The van der Waals surface area contributed by atoms with E-state index in [1.807, 2.05) is 0 Å². The van der Waals surface area contributed by atoms with Crippen LogP contribution in [0.1, 0.15) is 58.9 Å². The first-order chi connectivity index (χ1) is 15.6. The normalized spacial score (nSPS) is 19.7. The van der Waals surface area contributed by atoms with E-state index >= 15 is 0 Å². The number of carbonyl (C=O) groups is 3. The van der Waals surface area contributed by atoms with Gasteiger partial charge in [-0.25, -0.2) is 4.79 Å². The molecule has 3 rings (SSSR count). The third kappa shape index (κ3) is 6.81. The van der Waals surface area contributed by atoms with Crippen LogP contribution in [0.4, 0.5) is 10.5 Å². The lowest BCUT2D eigenvalue weighted by molar-refractivity contribution is -0.126. The minimum Gasteiger partial charge on any atom is -0.444 e. The number of nitrogens with one attached hydrogen (secondary N) is 3. The first kappa shape index (κ1) is 24.3. The molecule has 10 nitrogen and oxygen atoms in total. The second-order valence-electron chi connectivity index (χ2n) is 9.66. The first-order valence-corrected chi connectivity index (χ1v) is 11.3. The van der Waals surface area contributed by atoms with Gasteiger partial charge >= 0.3 is 6.09 Å². The van der Waals surface area contributed by atoms with Gasteiger partial charge in [0.25, 0.3) is 5.56 Å². The molecule has 1 saturated carbocycles. The monoisotopic (exact) mass is 457 g/mol. The fourth-order valence-corrected chi connectivity index (χ4v) is 3.85. The Bertz CT molecular complexity index is 1000. The van der Waals surface area contributed by atoms with Gasteiger partial charge < -0.3 is 19.9 Å². The molecule has 3 amide bonds. The topological polar surface area (TPSA) is 142 Å². The Morgan fingerprint density at radius 1 is 1.27 bits per heavy atom. The van der Waals surface area contributed by atoms with Crippen molar-refractivity contribution in [2.75, 3.05) is 11.9 Å². The van der Waals surface area contributed by atoms with Crippen molar-refractivity contribution in [3.63, 3.8) is 0 Å². The number of aromatic nitrogens is 1. The highest BCUT2D eigenvalue weighted by molar-refractivity contribution is 5.85. The number of hydrogen-bond acceptors (Lipinski definition) is 6. The van der Waals surface area contributed by atoms with E-state index in [-0.39, 0.29) is 23.9 Å². The maximum atomic E-state index is 13.2. The van der Waals surface area contributed by atoms with E-state index < -0.39 is 35.2 Å². The summed E-state index contributed by atoms with van der Waals surface area (Å²) in [5.74, 6) is -0.572. The van der Waals surface area contributed by atoms with Gasteiger partial charge in [0.2, 0.25) is 11.8 Å². The van der Waals surface area contributed by atoms with Gasteiger partial charge in [0, 0.05) is 18.7 Å². The van der Waals surface area contributed by atoms with Gasteiger partial charge in [-0.05, 0) is 58.1 Å². The number of pyridine rings is 1. The molecule has 1 saturated heterocycles. The lowest BCUT2D eigenvalue weighted by atomic mass is 9.98. The molecule has 2 heterocycles. The molecule has 3 N–H and O–H groups in total. The molecule has 1 aliphatic carbocycles. The van der Waals surface area contributed by atoms with Crippen LogP contribution < -0.4 is 21.5 Å². The summed E-state index contributed by atoms with van der Waals surface area (Å²) >= 11 is 0. The van der Waals surface area contributed by atoms with Crippen LogP contribution in [0.2, 0.25) is 0 Å². The highest BCUT2D eigenvalue weighted by Crippen LogP contribution is 2.36. The summed E-state index contributed by atoms with van der Waals surface area (Å²) in [6.07, 6.45) is 3.97. The van der Waals surface area contributed by atoms with Crippen LogP contribution in [0.3, 0.4) is 0 Å². The van der Waals surface area contributed by atoms with Crippen molar-refractivity contribution in [2.45, 2.75) is 70.6 Å². The number of anilines is 1. The molecule has 10 heteroatoms.